The standard InChI is InChI=1S/C21H24N4OS/c1-3-8-18(16-10-5-4-6-11-16)22-19(26)14-25-20(23-24-21(25)27)17-12-7-9-15(2)13-17/h4-7,9-13,18H,3,8,14H2,1-2H3,(H,22,26)(H,24,27)/t18-/m1/s1. The molecule has 27 heavy (non-hydrogen) atoms. The molecule has 3 rings (SSSR count). The van der Waals surface area contributed by atoms with E-state index in [0.29, 0.717) is 10.6 Å². The van der Waals surface area contributed by atoms with Gasteiger partial charge in [0.25, 0.3) is 0 Å². The van der Waals surface area contributed by atoms with Crippen molar-refractivity contribution >= 4 is 18.1 Å². The van der Waals surface area contributed by atoms with Crippen LogP contribution < -0.4 is 5.32 Å². The number of aromatic nitrogens is 3. The molecular formula is C21H24N4OS. The van der Waals surface area contributed by atoms with Gasteiger partial charge in [0.2, 0.25) is 5.91 Å². The number of benzene rings is 2. The summed E-state index contributed by atoms with van der Waals surface area (Å²) in [6, 6.07) is 18.0. The Kier molecular flexibility index (Phi) is 6.19. The molecule has 1 aromatic heterocycles. The second-order valence-electron chi connectivity index (χ2n) is 6.63. The second kappa shape index (κ2) is 8.77. The molecule has 0 bridgehead atoms. The van der Waals surface area contributed by atoms with Crippen LogP contribution in [0.3, 0.4) is 0 Å². The van der Waals surface area contributed by atoms with E-state index in [1.807, 2.05) is 61.5 Å². The maximum absolute atomic E-state index is 12.8. The normalized spacial score (nSPS) is 11.9. The molecule has 0 fully saturated rings. The third-order valence-corrected chi connectivity index (χ3v) is 4.76. The number of amides is 1. The quantitative estimate of drug-likeness (QED) is 0.590. The number of H-pyrrole nitrogens is 1. The van der Waals surface area contributed by atoms with Crippen molar-refractivity contribution in [2.75, 3.05) is 0 Å². The molecule has 1 heterocycles. The first-order valence-corrected chi connectivity index (χ1v) is 9.56. The lowest BCUT2D eigenvalue weighted by Crippen LogP contribution is -2.31. The van der Waals surface area contributed by atoms with Gasteiger partial charge in [0, 0.05) is 5.56 Å². The van der Waals surface area contributed by atoms with E-state index >= 15 is 0 Å². The van der Waals surface area contributed by atoms with Gasteiger partial charge in [0.15, 0.2) is 10.6 Å². The Morgan fingerprint density at radius 2 is 2.00 bits per heavy atom. The van der Waals surface area contributed by atoms with E-state index in [-0.39, 0.29) is 18.5 Å². The average Bonchev–Trinajstić information content (AvgIpc) is 3.02. The minimum absolute atomic E-state index is 0.00723. The largest absolute Gasteiger partial charge is 0.348 e. The van der Waals surface area contributed by atoms with Crippen LogP contribution in [0.25, 0.3) is 11.4 Å². The smallest absolute Gasteiger partial charge is 0.240 e. The van der Waals surface area contributed by atoms with Crippen LogP contribution >= 0.6 is 12.2 Å². The highest BCUT2D eigenvalue weighted by Crippen LogP contribution is 2.20. The van der Waals surface area contributed by atoms with Gasteiger partial charge >= 0.3 is 0 Å². The van der Waals surface area contributed by atoms with Gasteiger partial charge in [-0.2, -0.15) is 5.10 Å². The van der Waals surface area contributed by atoms with Gasteiger partial charge in [-0.3, -0.25) is 14.5 Å². The molecule has 0 spiro atoms. The Labute approximate surface area is 164 Å². The molecule has 2 aromatic carbocycles. The zero-order chi connectivity index (χ0) is 19.2. The van der Waals surface area contributed by atoms with Crippen molar-refractivity contribution < 1.29 is 4.79 Å². The lowest BCUT2D eigenvalue weighted by Gasteiger charge is -2.19. The molecule has 0 unspecified atom stereocenters. The number of carbonyl (C=O) groups is 1. The van der Waals surface area contributed by atoms with Crippen LogP contribution in [0.5, 0.6) is 0 Å². The highest BCUT2D eigenvalue weighted by Gasteiger charge is 2.17. The molecular weight excluding hydrogens is 356 g/mol. The molecule has 0 radical (unpaired) electrons. The van der Waals surface area contributed by atoms with Gasteiger partial charge in [-0.1, -0.05) is 67.4 Å². The number of rotatable bonds is 7. The number of nitrogens with one attached hydrogen (secondary N) is 2. The monoisotopic (exact) mass is 380 g/mol. The van der Waals surface area contributed by atoms with E-state index in [1.54, 1.807) is 4.57 Å². The predicted octanol–water partition coefficient (Wildman–Crippen LogP) is 4.57. The molecule has 1 amide bonds. The fraction of sp³-hybridized carbons (Fsp3) is 0.286. The Hall–Kier alpha value is -2.73. The molecule has 140 valence electrons. The summed E-state index contributed by atoms with van der Waals surface area (Å²) in [7, 11) is 0. The molecule has 0 saturated carbocycles. The summed E-state index contributed by atoms with van der Waals surface area (Å²) >= 11 is 5.35. The summed E-state index contributed by atoms with van der Waals surface area (Å²) in [5.74, 6) is 0.592. The Morgan fingerprint density at radius 3 is 2.70 bits per heavy atom. The SMILES string of the molecule is CCC[C@@H](NC(=O)Cn1c(-c2cccc(C)c2)n[nH]c1=S)c1ccccc1. The maximum Gasteiger partial charge on any atom is 0.240 e. The van der Waals surface area contributed by atoms with Crippen molar-refractivity contribution in [2.24, 2.45) is 0 Å². The second-order valence-corrected chi connectivity index (χ2v) is 7.01. The van der Waals surface area contributed by atoms with Crippen molar-refractivity contribution in [3.05, 3.63) is 70.5 Å². The van der Waals surface area contributed by atoms with Crippen molar-refractivity contribution in [1.29, 1.82) is 0 Å². The number of hydrogen-bond donors (Lipinski definition) is 2. The van der Waals surface area contributed by atoms with E-state index in [0.717, 1.165) is 29.5 Å². The molecule has 0 aliphatic carbocycles. The average molecular weight is 381 g/mol. The zero-order valence-corrected chi connectivity index (χ0v) is 16.4. The molecule has 0 saturated heterocycles. The van der Waals surface area contributed by atoms with Crippen molar-refractivity contribution in [1.82, 2.24) is 20.1 Å². The van der Waals surface area contributed by atoms with Gasteiger partial charge in [-0.15, -0.1) is 0 Å². The van der Waals surface area contributed by atoms with E-state index in [2.05, 4.69) is 22.4 Å². The minimum atomic E-state index is -0.0799. The number of nitrogens with zero attached hydrogens (tertiary/aromatic N) is 2. The summed E-state index contributed by atoms with van der Waals surface area (Å²) < 4.78 is 2.18. The van der Waals surface area contributed by atoms with Crippen LogP contribution in [0.1, 0.15) is 36.9 Å². The molecule has 5 nitrogen and oxygen atoms in total. The first kappa shape index (κ1) is 19.0. The van der Waals surface area contributed by atoms with Gasteiger partial charge in [-0.25, -0.2) is 0 Å². The van der Waals surface area contributed by atoms with E-state index in [9.17, 15) is 4.79 Å². The van der Waals surface area contributed by atoms with Crippen LogP contribution in [0.2, 0.25) is 0 Å². The predicted molar refractivity (Wildman–Crippen MR) is 110 cm³/mol. The molecule has 2 N–H and O–H groups in total. The van der Waals surface area contributed by atoms with Gasteiger partial charge < -0.3 is 5.32 Å². The van der Waals surface area contributed by atoms with Gasteiger partial charge in [0.1, 0.15) is 6.54 Å². The van der Waals surface area contributed by atoms with Crippen molar-refractivity contribution in [3.8, 4) is 11.4 Å². The van der Waals surface area contributed by atoms with E-state index in [4.69, 9.17) is 12.2 Å². The third-order valence-electron chi connectivity index (χ3n) is 4.45. The highest BCUT2D eigenvalue weighted by molar-refractivity contribution is 7.71. The first-order chi connectivity index (χ1) is 13.1. The zero-order valence-electron chi connectivity index (χ0n) is 15.6. The number of aromatic amines is 1. The number of aryl methyl sites for hydroxylation is 1. The molecule has 0 aliphatic rings. The van der Waals surface area contributed by atoms with Gasteiger partial charge in [0.05, 0.1) is 6.04 Å². The van der Waals surface area contributed by atoms with Crippen LogP contribution in [0, 0.1) is 11.7 Å². The van der Waals surface area contributed by atoms with Crippen LogP contribution in [-0.2, 0) is 11.3 Å². The minimum Gasteiger partial charge on any atom is -0.348 e. The van der Waals surface area contributed by atoms with Crippen LogP contribution in [0.15, 0.2) is 54.6 Å². The van der Waals surface area contributed by atoms with Gasteiger partial charge in [-0.05, 0) is 37.2 Å². The van der Waals surface area contributed by atoms with E-state index < -0.39 is 0 Å². The Bertz CT molecular complexity index is 962. The summed E-state index contributed by atoms with van der Waals surface area (Å²) in [6.45, 7) is 4.27. The lowest BCUT2D eigenvalue weighted by atomic mass is 10.0. The van der Waals surface area contributed by atoms with Crippen LogP contribution in [-0.4, -0.2) is 20.7 Å². The van der Waals surface area contributed by atoms with Crippen molar-refractivity contribution in [2.45, 2.75) is 39.3 Å². The molecule has 0 aliphatic heterocycles. The summed E-state index contributed by atoms with van der Waals surface area (Å²) in [6.07, 6.45) is 1.87. The molecule has 1 atom stereocenters. The van der Waals surface area contributed by atoms with E-state index in [1.165, 1.54) is 0 Å². The molecule has 3 aromatic rings. The summed E-state index contributed by atoms with van der Waals surface area (Å²) in [5, 5.41) is 10.3. The topological polar surface area (TPSA) is 62.7 Å². The fourth-order valence-electron chi connectivity index (χ4n) is 3.15. The highest BCUT2D eigenvalue weighted by atomic mass is 32.1. The summed E-state index contributed by atoms with van der Waals surface area (Å²) in [4.78, 5) is 12.8. The lowest BCUT2D eigenvalue weighted by molar-refractivity contribution is -0.122. The summed E-state index contributed by atoms with van der Waals surface area (Å²) in [5.41, 5.74) is 3.18. The molecule has 6 heteroatoms. The third kappa shape index (κ3) is 4.71. The fourth-order valence-corrected chi connectivity index (χ4v) is 3.35. The Balaban J connectivity index is 1.80. The van der Waals surface area contributed by atoms with Crippen LogP contribution in [0.4, 0.5) is 0 Å². The van der Waals surface area contributed by atoms with Crippen molar-refractivity contribution in [3.63, 3.8) is 0 Å². The Morgan fingerprint density at radius 1 is 1.22 bits per heavy atom. The number of hydrogen-bond acceptors (Lipinski definition) is 3. The first-order valence-electron chi connectivity index (χ1n) is 9.15. The number of carbonyl (C=O) groups excluding carboxylic acids is 1. The maximum atomic E-state index is 12.8.